The Morgan fingerprint density at radius 2 is 1.71 bits per heavy atom. The van der Waals surface area contributed by atoms with Crippen LogP contribution in [0.3, 0.4) is 0 Å². The Kier molecular flexibility index (Phi) is 6.50. The lowest BCUT2D eigenvalue weighted by molar-refractivity contribution is 0.00395. The summed E-state index contributed by atoms with van der Waals surface area (Å²) in [5.41, 5.74) is 0. The van der Waals surface area contributed by atoms with E-state index in [1.165, 1.54) is 19.3 Å². The summed E-state index contributed by atoms with van der Waals surface area (Å²) in [4.78, 5) is 0. The van der Waals surface area contributed by atoms with Crippen LogP contribution in [0, 0.1) is 17.8 Å². The molecule has 2 nitrogen and oxygen atoms in total. The topological polar surface area (TPSA) is 21.3 Å². The standard InChI is InChI=1S/C15H31NO/c1-6-14(17-7-2)15(16-5)13-9-11(3)8-12(4)10-13/h11-16H,6-10H2,1-5H3. The average Bonchev–Trinajstić information content (AvgIpc) is 2.27. The minimum Gasteiger partial charge on any atom is -0.377 e. The van der Waals surface area contributed by atoms with Crippen molar-refractivity contribution in [2.24, 2.45) is 17.8 Å². The molecule has 17 heavy (non-hydrogen) atoms. The van der Waals surface area contributed by atoms with Crippen LogP contribution in [0.25, 0.3) is 0 Å². The zero-order valence-electron chi connectivity index (χ0n) is 12.3. The van der Waals surface area contributed by atoms with Crippen molar-refractivity contribution in [1.29, 1.82) is 0 Å². The summed E-state index contributed by atoms with van der Waals surface area (Å²) < 4.78 is 5.91. The van der Waals surface area contributed by atoms with Crippen LogP contribution in [-0.4, -0.2) is 25.8 Å². The fraction of sp³-hybridized carbons (Fsp3) is 1.00. The van der Waals surface area contributed by atoms with E-state index in [1.54, 1.807) is 0 Å². The lowest BCUT2D eigenvalue weighted by Crippen LogP contribution is -2.47. The van der Waals surface area contributed by atoms with Gasteiger partial charge in [0.2, 0.25) is 0 Å². The Morgan fingerprint density at radius 1 is 1.12 bits per heavy atom. The molecule has 4 unspecified atom stereocenters. The van der Waals surface area contributed by atoms with E-state index in [2.05, 4.69) is 40.1 Å². The van der Waals surface area contributed by atoms with Gasteiger partial charge in [-0.2, -0.15) is 0 Å². The first kappa shape index (κ1) is 15.0. The molecular weight excluding hydrogens is 210 g/mol. The smallest absolute Gasteiger partial charge is 0.0727 e. The minimum atomic E-state index is 0.382. The van der Waals surface area contributed by atoms with Crippen LogP contribution in [0.2, 0.25) is 0 Å². The van der Waals surface area contributed by atoms with E-state index in [1.807, 2.05) is 0 Å². The van der Waals surface area contributed by atoms with E-state index in [0.29, 0.717) is 12.1 Å². The molecule has 2 heteroatoms. The van der Waals surface area contributed by atoms with E-state index in [4.69, 9.17) is 4.74 Å². The molecule has 0 radical (unpaired) electrons. The van der Waals surface area contributed by atoms with Crippen molar-refractivity contribution in [3.8, 4) is 0 Å². The molecular formula is C15H31NO. The monoisotopic (exact) mass is 241 g/mol. The van der Waals surface area contributed by atoms with Gasteiger partial charge in [-0.15, -0.1) is 0 Å². The van der Waals surface area contributed by atoms with Crippen LogP contribution in [-0.2, 0) is 4.74 Å². The van der Waals surface area contributed by atoms with Gasteiger partial charge in [-0.25, -0.2) is 0 Å². The van der Waals surface area contributed by atoms with Crippen molar-refractivity contribution in [3.63, 3.8) is 0 Å². The maximum atomic E-state index is 5.91. The molecule has 0 bridgehead atoms. The second-order valence-electron chi connectivity index (χ2n) is 5.89. The Labute approximate surface area is 108 Å². The second-order valence-corrected chi connectivity index (χ2v) is 5.89. The zero-order valence-corrected chi connectivity index (χ0v) is 12.3. The number of rotatable bonds is 6. The molecule has 0 aromatic heterocycles. The number of hydrogen-bond acceptors (Lipinski definition) is 2. The SMILES string of the molecule is CCOC(CC)C(NC)C1CC(C)CC(C)C1. The summed E-state index contributed by atoms with van der Waals surface area (Å²) in [5, 5.41) is 3.52. The van der Waals surface area contributed by atoms with Gasteiger partial charge < -0.3 is 10.1 Å². The molecule has 1 N–H and O–H groups in total. The van der Waals surface area contributed by atoms with Crippen LogP contribution in [0.15, 0.2) is 0 Å². The van der Waals surface area contributed by atoms with Gasteiger partial charge in [0.25, 0.3) is 0 Å². The molecule has 0 amide bonds. The maximum Gasteiger partial charge on any atom is 0.0727 e. The van der Waals surface area contributed by atoms with E-state index in [9.17, 15) is 0 Å². The number of nitrogens with one attached hydrogen (secondary N) is 1. The molecule has 0 aromatic rings. The molecule has 0 spiro atoms. The van der Waals surface area contributed by atoms with Crippen LogP contribution in [0.5, 0.6) is 0 Å². The highest BCUT2D eigenvalue weighted by atomic mass is 16.5. The summed E-state index contributed by atoms with van der Waals surface area (Å²) >= 11 is 0. The van der Waals surface area contributed by atoms with Gasteiger partial charge in [0.15, 0.2) is 0 Å². The van der Waals surface area contributed by atoms with Crippen LogP contribution in [0.4, 0.5) is 0 Å². The lowest BCUT2D eigenvalue weighted by atomic mass is 9.72. The molecule has 102 valence electrons. The highest BCUT2D eigenvalue weighted by molar-refractivity contribution is 4.87. The molecule has 1 aliphatic carbocycles. The van der Waals surface area contributed by atoms with Gasteiger partial charge in [-0.05, 0) is 57.4 Å². The van der Waals surface area contributed by atoms with E-state index in [-0.39, 0.29) is 0 Å². The highest BCUT2D eigenvalue weighted by Gasteiger charge is 2.33. The normalized spacial score (nSPS) is 33.4. The van der Waals surface area contributed by atoms with Gasteiger partial charge in [0, 0.05) is 12.6 Å². The molecule has 0 heterocycles. The summed E-state index contributed by atoms with van der Waals surface area (Å²) in [6, 6.07) is 0.533. The highest BCUT2D eigenvalue weighted by Crippen LogP contribution is 2.36. The van der Waals surface area contributed by atoms with E-state index in [0.717, 1.165) is 30.8 Å². The summed E-state index contributed by atoms with van der Waals surface area (Å²) in [6.07, 6.45) is 5.61. The predicted molar refractivity (Wildman–Crippen MR) is 74.2 cm³/mol. The summed E-state index contributed by atoms with van der Waals surface area (Å²) in [5.74, 6) is 2.53. The first-order valence-electron chi connectivity index (χ1n) is 7.41. The maximum absolute atomic E-state index is 5.91. The third-order valence-corrected chi connectivity index (χ3v) is 4.24. The van der Waals surface area contributed by atoms with Gasteiger partial charge in [-0.3, -0.25) is 0 Å². The molecule has 4 atom stereocenters. The first-order valence-corrected chi connectivity index (χ1v) is 7.41. The Balaban J connectivity index is 2.64. The van der Waals surface area contributed by atoms with Gasteiger partial charge in [-0.1, -0.05) is 20.8 Å². The van der Waals surface area contributed by atoms with Crippen molar-refractivity contribution >= 4 is 0 Å². The van der Waals surface area contributed by atoms with Gasteiger partial charge in [0.05, 0.1) is 6.10 Å². The fourth-order valence-electron chi connectivity index (χ4n) is 3.72. The third kappa shape index (κ3) is 4.26. The largest absolute Gasteiger partial charge is 0.377 e. The van der Waals surface area contributed by atoms with E-state index >= 15 is 0 Å². The summed E-state index contributed by atoms with van der Waals surface area (Å²) in [6.45, 7) is 9.96. The molecule has 0 aromatic carbocycles. The number of likely N-dealkylation sites (N-methyl/N-ethyl adjacent to an activating group) is 1. The van der Waals surface area contributed by atoms with Crippen molar-refractivity contribution in [3.05, 3.63) is 0 Å². The molecule has 0 saturated heterocycles. The molecule has 1 rings (SSSR count). The zero-order chi connectivity index (χ0) is 12.8. The lowest BCUT2D eigenvalue weighted by Gasteiger charge is -2.39. The first-order chi connectivity index (χ1) is 8.12. The van der Waals surface area contributed by atoms with Crippen molar-refractivity contribution in [2.45, 2.75) is 65.5 Å². The Bertz CT molecular complexity index is 197. The Hall–Kier alpha value is -0.0800. The molecule has 1 saturated carbocycles. The molecule has 1 fully saturated rings. The van der Waals surface area contributed by atoms with Crippen molar-refractivity contribution < 1.29 is 4.74 Å². The van der Waals surface area contributed by atoms with Gasteiger partial charge in [0.1, 0.15) is 0 Å². The fourth-order valence-corrected chi connectivity index (χ4v) is 3.72. The molecule has 1 aliphatic rings. The predicted octanol–water partition coefficient (Wildman–Crippen LogP) is 3.46. The number of hydrogen-bond donors (Lipinski definition) is 1. The third-order valence-electron chi connectivity index (χ3n) is 4.24. The number of ether oxygens (including phenoxy) is 1. The minimum absolute atomic E-state index is 0.382. The van der Waals surface area contributed by atoms with Crippen LogP contribution >= 0.6 is 0 Å². The van der Waals surface area contributed by atoms with Crippen molar-refractivity contribution in [2.75, 3.05) is 13.7 Å². The second kappa shape index (κ2) is 7.38. The van der Waals surface area contributed by atoms with Crippen molar-refractivity contribution in [1.82, 2.24) is 5.32 Å². The Morgan fingerprint density at radius 3 is 2.12 bits per heavy atom. The summed E-state index contributed by atoms with van der Waals surface area (Å²) in [7, 11) is 2.09. The average molecular weight is 241 g/mol. The van der Waals surface area contributed by atoms with E-state index < -0.39 is 0 Å². The van der Waals surface area contributed by atoms with Crippen LogP contribution in [0.1, 0.15) is 53.4 Å². The quantitative estimate of drug-likeness (QED) is 0.769. The van der Waals surface area contributed by atoms with Gasteiger partial charge >= 0.3 is 0 Å². The molecule has 0 aliphatic heterocycles. The van der Waals surface area contributed by atoms with Crippen LogP contribution < -0.4 is 5.32 Å².